The Balaban J connectivity index is 1.61. The lowest BCUT2D eigenvalue weighted by molar-refractivity contribution is -0.148. The number of rotatable bonds is 5. The van der Waals surface area contributed by atoms with Gasteiger partial charge in [0.2, 0.25) is 0 Å². The first-order valence-corrected chi connectivity index (χ1v) is 8.93. The Hall–Kier alpha value is -2.64. The van der Waals surface area contributed by atoms with Crippen LogP contribution in [0.2, 0.25) is 5.02 Å². The third kappa shape index (κ3) is 4.12. The molecule has 2 heterocycles. The normalized spacial score (nSPS) is 12.4. The van der Waals surface area contributed by atoms with Crippen molar-refractivity contribution >= 4 is 56.8 Å². The van der Waals surface area contributed by atoms with Gasteiger partial charge in [-0.2, -0.15) is 0 Å². The van der Waals surface area contributed by atoms with Crippen molar-refractivity contribution in [3.63, 3.8) is 0 Å². The molecule has 3 rings (SSSR count). The first-order chi connectivity index (χ1) is 12.4. The number of fused-ring (bicyclic) bond motifs is 1. The van der Waals surface area contributed by atoms with Crippen molar-refractivity contribution in [2.75, 3.05) is 5.32 Å². The van der Waals surface area contributed by atoms with E-state index in [4.69, 9.17) is 20.9 Å². The van der Waals surface area contributed by atoms with Gasteiger partial charge in [0.05, 0.1) is 5.02 Å². The largest absolute Gasteiger partial charge is 0.449 e. The topological polar surface area (TPSA) is 81.4 Å². The summed E-state index contributed by atoms with van der Waals surface area (Å²) in [6.07, 6.45) is 1.85. The maximum atomic E-state index is 12.0. The number of ether oxygens (including phenoxy) is 1. The summed E-state index contributed by atoms with van der Waals surface area (Å²) < 4.78 is 11.0. The van der Waals surface area contributed by atoms with Gasteiger partial charge < -0.3 is 14.6 Å². The van der Waals surface area contributed by atoms with Crippen molar-refractivity contribution in [2.24, 2.45) is 0 Å². The van der Waals surface area contributed by atoms with Crippen LogP contribution < -0.4 is 5.32 Å². The number of carbonyl (C=O) groups is 2. The number of hydrogen-bond acceptors (Lipinski definition) is 6. The molecule has 3 aromatic rings. The zero-order valence-corrected chi connectivity index (χ0v) is 15.6. The molecular weight excluding hydrogens is 376 g/mol. The monoisotopic (exact) mass is 390 g/mol. The number of nitrogens with one attached hydrogen (secondary N) is 1. The van der Waals surface area contributed by atoms with E-state index in [0.717, 1.165) is 15.0 Å². The van der Waals surface area contributed by atoms with E-state index in [9.17, 15) is 9.59 Å². The van der Waals surface area contributed by atoms with Gasteiger partial charge in [0, 0.05) is 27.1 Å². The van der Waals surface area contributed by atoms with E-state index >= 15 is 0 Å². The van der Waals surface area contributed by atoms with Crippen LogP contribution in [0.5, 0.6) is 0 Å². The summed E-state index contributed by atoms with van der Waals surface area (Å²) in [7, 11) is 0. The molecule has 26 heavy (non-hydrogen) atoms. The SMILES string of the molecule is Cc1cc(NC(=O)[C@H](C)OC(=O)/C=C/c2sc3ccccc3c2Cl)no1. The third-order valence-corrected chi connectivity index (χ3v) is 5.13. The molecule has 1 aromatic carbocycles. The summed E-state index contributed by atoms with van der Waals surface area (Å²) in [6.45, 7) is 3.18. The highest BCUT2D eigenvalue weighted by Crippen LogP contribution is 2.35. The molecular formula is C18H15ClN2O4S. The lowest BCUT2D eigenvalue weighted by Crippen LogP contribution is -2.29. The van der Waals surface area contributed by atoms with Crippen LogP contribution in [0.3, 0.4) is 0 Å². The molecule has 0 fully saturated rings. The first-order valence-electron chi connectivity index (χ1n) is 7.74. The highest BCUT2D eigenvalue weighted by atomic mass is 35.5. The summed E-state index contributed by atoms with van der Waals surface area (Å²) >= 11 is 7.79. The average Bonchev–Trinajstić information content (AvgIpc) is 3.16. The van der Waals surface area contributed by atoms with Gasteiger partial charge in [0.1, 0.15) is 5.76 Å². The third-order valence-electron chi connectivity index (χ3n) is 3.47. The first kappa shape index (κ1) is 18.2. The molecule has 0 radical (unpaired) electrons. The van der Waals surface area contributed by atoms with Gasteiger partial charge in [-0.05, 0) is 26.0 Å². The molecule has 8 heteroatoms. The van der Waals surface area contributed by atoms with Crippen LogP contribution in [0, 0.1) is 6.92 Å². The molecule has 0 aliphatic carbocycles. The zero-order valence-electron chi connectivity index (χ0n) is 14.0. The van der Waals surface area contributed by atoms with E-state index in [1.165, 1.54) is 24.3 Å². The Labute approximate surface area is 158 Å². The average molecular weight is 391 g/mol. The number of benzene rings is 1. The Bertz CT molecular complexity index is 992. The van der Waals surface area contributed by atoms with E-state index in [2.05, 4.69) is 10.5 Å². The second-order valence-corrected chi connectivity index (χ2v) is 6.96. The molecule has 2 aromatic heterocycles. The summed E-state index contributed by atoms with van der Waals surface area (Å²) in [4.78, 5) is 24.7. The predicted octanol–water partition coefficient (Wildman–Crippen LogP) is 4.43. The number of aromatic nitrogens is 1. The fourth-order valence-electron chi connectivity index (χ4n) is 2.20. The van der Waals surface area contributed by atoms with Crippen molar-refractivity contribution in [1.82, 2.24) is 5.16 Å². The number of halogens is 1. The van der Waals surface area contributed by atoms with Gasteiger partial charge in [-0.15, -0.1) is 11.3 Å². The number of anilines is 1. The number of carbonyl (C=O) groups excluding carboxylic acids is 2. The molecule has 0 unspecified atom stereocenters. The lowest BCUT2D eigenvalue weighted by Gasteiger charge is -2.10. The Morgan fingerprint density at radius 3 is 2.85 bits per heavy atom. The maximum Gasteiger partial charge on any atom is 0.331 e. The number of esters is 1. The standard InChI is InChI=1S/C18H15ClN2O4S/c1-10-9-15(21-25-10)20-18(23)11(2)24-16(22)8-7-14-17(19)12-5-3-4-6-13(12)26-14/h3-9,11H,1-2H3,(H,20,21,23)/b8-7+/t11-/m0/s1. The van der Waals surface area contributed by atoms with E-state index in [1.54, 1.807) is 19.1 Å². The van der Waals surface area contributed by atoms with E-state index in [-0.39, 0.29) is 5.82 Å². The minimum atomic E-state index is -0.984. The number of amides is 1. The second kappa shape index (κ2) is 7.72. The van der Waals surface area contributed by atoms with E-state index in [0.29, 0.717) is 10.8 Å². The number of aryl methyl sites for hydroxylation is 1. The van der Waals surface area contributed by atoms with Crippen LogP contribution in [0.1, 0.15) is 17.6 Å². The summed E-state index contributed by atoms with van der Waals surface area (Å²) in [5.74, 6) is -0.312. The maximum absolute atomic E-state index is 12.0. The number of hydrogen-bond donors (Lipinski definition) is 1. The molecule has 0 aliphatic heterocycles. The molecule has 0 saturated heterocycles. The van der Waals surface area contributed by atoms with Crippen molar-refractivity contribution in [1.29, 1.82) is 0 Å². The molecule has 1 amide bonds. The van der Waals surface area contributed by atoms with Crippen LogP contribution in [0.4, 0.5) is 5.82 Å². The molecule has 0 saturated carbocycles. The van der Waals surface area contributed by atoms with Crippen molar-refractivity contribution in [2.45, 2.75) is 20.0 Å². The van der Waals surface area contributed by atoms with Gasteiger partial charge in [-0.1, -0.05) is 35.0 Å². The van der Waals surface area contributed by atoms with Gasteiger partial charge in [-0.25, -0.2) is 4.79 Å². The number of nitrogens with zero attached hydrogens (tertiary/aromatic N) is 1. The van der Waals surface area contributed by atoms with Gasteiger partial charge in [0.15, 0.2) is 11.9 Å². The minimum absolute atomic E-state index is 0.267. The van der Waals surface area contributed by atoms with Crippen molar-refractivity contribution < 1.29 is 18.8 Å². The van der Waals surface area contributed by atoms with Crippen LogP contribution in [-0.2, 0) is 14.3 Å². The quantitative estimate of drug-likeness (QED) is 0.514. The lowest BCUT2D eigenvalue weighted by atomic mass is 10.2. The van der Waals surface area contributed by atoms with Gasteiger partial charge in [-0.3, -0.25) is 4.79 Å². The molecule has 6 nitrogen and oxygen atoms in total. The van der Waals surface area contributed by atoms with Crippen LogP contribution in [0.15, 0.2) is 40.9 Å². The van der Waals surface area contributed by atoms with E-state index in [1.807, 2.05) is 24.3 Å². The smallest absolute Gasteiger partial charge is 0.331 e. The summed E-state index contributed by atoms with van der Waals surface area (Å²) in [5, 5.41) is 7.67. The predicted molar refractivity (Wildman–Crippen MR) is 101 cm³/mol. The second-order valence-electron chi connectivity index (χ2n) is 5.50. The molecule has 0 bridgehead atoms. The fraction of sp³-hybridized carbons (Fsp3) is 0.167. The van der Waals surface area contributed by atoms with Crippen LogP contribution in [0.25, 0.3) is 16.2 Å². The Morgan fingerprint density at radius 2 is 2.15 bits per heavy atom. The summed E-state index contributed by atoms with van der Waals surface area (Å²) in [5.41, 5.74) is 0. The zero-order chi connectivity index (χ0) is 18.7. The van der Waals surface area contributed by atoms with Gasteiger partial charge >= 0.3 is 5.97 Å². The molecule has 134 valence electrons. The Kier molecular flexibility index (Phi) is 5.39. The van der Waals surface area contributed by atoms with Crippen molar-refractivity contribution in [3.05, 3.63) is 52.1 Å². The highest BCUT2D eigenvalue weighted by Gasteiger charge is 2.18. The molecule has 1 N–H and O–H groups in total. The van der Waals surface area contributed by atoms with Crippen molar-refractivity contribution in [3.8, 4) is 0 Å². The van der Waals surface area contributed by atoms with Crippen LogP contribution in [-0.4, -0.2) is 23.1 Å². The highest BCUT2D eigenvalue weighted by molar-refractivity contribution is 7.20. The van der Waals surface area contributed by atoms with E-state index < -0.39 is 18.0 Å². The number of thiophene rings is 1. The Morgan fingerprint density at radius 1 is 1.38 bits per heavy atom. The molecule has 1 atom stereocenters. The van der Waals surface area contributed by atoms with Crippen LogP contribution >= 0.6 is 22.9 Å². The minimum Gasteiger partial charge on any atom is -0.449 e. The summed E-state index contributed by atoms with van der Waals surface area (Å²) in [6, 6.07) is 9.27. The molecule has 0 spiro atoms. The van der Waals surface area contributed by atoms with Gasteiger partial charge in [0.25, 0.3) is 5.91 Å². The molecule has 0 aliphatic rings. The fourth-order valence-corrected chi connectivity index (χ4v) is 3.60.